The van der Waals surface area contributed by atoms with Gasteiger partial charge in [-0.05, 0) is 35.7 Å². The van der Waals surface area contributed by atoms with Crippen LogP contribution in [0.15, 0.2) is 47.8 Å². The van der Waals surface area contributed by atoms with Crippen molar-refractivity contribution >= 4 is 17.3 Å². The van der Waals surface area contributed by atoms with Crippen LogP contribution in [0, 0.1) is 0 Å². The molecular formula is C17H14N2O4S. The van der Waals surface area contributed by atoms with Crippen LogP contribution >= 0.6 is 11.3 Å². The van der Waals surface area contributed by atoms with E-state index in [1.165, 1.54) is 11.3 Å². The predicted octanol–water partition coefficient (Wildman–Crippen LogP) is 3.44. The molecule has 0 unspecified atom stereocenters. The summed E-state index contributed by atoms with van der Waals surface area (Å²) in [4.78, 5) is 12.4. The molecule has 122 valence electrons. The summed E-state index contributed by atoms with van der Waals surface area (Å²) in [6.07, 6.45) is 0. The molecule has 0 aliphatic heterocycles. The Hall–Kier alpha value is -2.93. The zero-order valence-electron chi connectivity index (χ0n) is 13.1. The molecule has 0 saturated carbocycles. The minimum Gasteiger partial charge on any atom is -0.493 e. The molecule has 0 bridgehead atoms. The van der Waals surface area contributed by atoms with Gasteiger partial charge in [-0.15, -0.1) is 21.5 Å². The second kappa shape index (κ2) is 7.10. The highest BCUT2D eigenvalue weighted by Gasteiger charge is 2.12. The molecule has 0 aliphatic rings. The van der Waals surface area contributed by atoms with E-state index in [-0.39, 0.29) is 5.88 Å². The number of esters is 1. The highest BCUT2D eigenvalue weighted by atomic mass is 32.1. The zero-order chi connectivity index (χ0) is 16.9. The van der Waals surface area contributed by atoms with Crippen molar-refractivity contribution in [2.24, 2.45) is 0 Å². The van der Waals surface area contributed by atoms with Gasteiger partial charge < -0.3 is 14.2 Å². The van der Waals surface area contributed by atoms with Crippen molar-refractivity contribution in [1.29, 1.82) is 0 Å². The molecular weight excluding hydrogens is 328 g/mol. The van der Waals surface area contributed by atoms with Gasteiger partial charge in [0, 0.05) is 11.6 Å². The summed E-state index contributed by atoms with van der Waals surface area (Å²) < 4.78 is 15.7. The second-order valence-electron chi connectivity index (χ2n) is 4.69. The lowest BCUT2D eigenvalue weighted by molar-refractivity contribution is 0.0731. The van der Waals surface area contributed by atoms with E-state index in [0.717, 1.165) is 5.56 Å². The summed E-state index contributed by atoms with van der Waals surface area (Å²) in [5.74, 6) is 0.941. The highest BCUT2D eigenvalue weighted by molar-refractivity contribution is 7.12. The van der Waals surface area contributed by atoms with Crippen LogP contribution in [-0.2, 0) is 0 Å². The smallest absolute Gasteiger partial charge is 0.355 e. The first kappa shape index (κ1) is 15.9. The van der Waals surface area contributed by atoms with E-state index >= 15 is 0 Å². The molecule has 1 aromatic carbocycles. The van der Waals surface area contributed by atoms with Crippen molar-refractivity contribution in [3.05, 3.63) is 52.7 Å². The third-order valence-electron chi connectivity index (χ3n) is 3.24. The number of carbonyl (C=O) groups excluding carboxylic acids is 1. The van der Waals surface area contributed by atoms with Gasteiger partial charge in [0.05, 0.1) is 19.9 Å². The average Bonchev–Trinajstić information content (AvgIpc) is 3.16. The monoisotopic (exact) mass is 342 g/mol. The average molecular weight is 342 g/mol. The van der Waals surface area contributed by atoms with E-state index in [1.807, 2.05) is 11.4 Å². The van der Waals surface area contributed by atoms with Crippen LogP contribution in [0.2, 0.25) is 0 Å². The Morgan fingerprint density at radius 3 is 2.46 bits per heavy atom. The lowest BCUT2D eigenvalue weighted by Gasteiger charge is -2.09. The highest BCUT2D eigenvalue weighted by Crippen LogP contribution is 2.31. The summed E-state index contributed by atoms with van der Waals surface area (Å²) in [7, 11) is 3.15. The Balaban J connectivity index is 1.78. The molecule has 0 saturated heterocycles. The van der Waals surface area contributed by atoms with Crippen molar-refractivity contribution in [3.8, 4) is 28.6 Å². The van der Waals surface area contributed by atoms with Crippen LogP contribution in [0.5, 0.6) is 17.4 Å². The minimum atomic E-state index is -0.446. The van der Waals surface area contributed by atoms with E-state index in [2.05, 4.69) is 10.2 Å². The van der Waals surface area contributed by atoms with Gasteiger partial charge in [0.1, 0.15) is 4.88 Å². The largest absolute Gasteiger partial charge is 0.493 e. The molecule has 3 rings (SSSR count). The molecule has 0 radical (unpaired) electrons. The Morgan fingerprint density at radius 2 is 1.83 bits per heavy atom. The van der Waals surface area contributed by atoms with Crippen molar-refractivity contribution < 1.29 is 19.0 Å². The van der Waals surface area contributed by atoms with Crippen molar-refractivity contribution in [1.82, 2.24) is 10.2 Å². The molecule has 0 N–H and O–H groups in total. The number of nitrogens with zero attached hydrogens (tertiary/aromatic N) is 2. The first-order valence-corrected chi connectivity index (χ1v) is 7.91. The Bertz CT molecular complexity index is 832. The van der Waals surface area contributed by atoms with Crippen LogP contribution in [0.25, 0.3) is 11.3 Å². The SMILES string of the molecule is COc1ccc(-c2ccc(OC(=O)c3cccs3)nn2)cc1OC. The normalized spacial score (nSPS) is 10.2. The molecule has 2 aromatic heterocycles. The Morgan fingerprint density at radius 1 is 1.00 bits per heavy atom. The molecule has 2 heterocycles. The predicted molar refractivity (Wildman–Crippen MR) is 89.8 cm³/mol. The third kappa shape index (κ3) is 3.36. The number of ether oxygens (including phenoxy) is 3. The Labute approximate surface area is 142 Å². The number of hydrogen-bond acceptors (Lipinski definition) is 7. The molecule has 3 aromatic rings. The number of hydrogen-bond donors (Lipinski definition) is 0. The fourth-order valence-corrected chi connectivity index (χ4v) is 2.66. The van der Waals surface area contributed by atoms with Gasteiger partial charge in [0.15, 0.2) is 11.5 Å². The van der Waals surface area contributed by atoms with Crippen LogP contribution in [0.4, 0.5) is 0 Å². The summed E-state index contributed by atoms with van der Waals surface area (Å²) >= 11 is 1.31. The topological polar surface area (TPSA) is 70.5 Å². The maximum absolute atomic E-state index is 11.9. The van der Waals surface area contributed by atoms with E-state index in [1.54, 1.807) is 50.6 Å². The van der Waals surface area contributed by atoms with Gasteiger partial charge in [-0.1, -0.05) is 6.07 Å². The molecule has 0 aliphatic carbocycles. The minimum absolute atomic E-state index is 0.151. The molecule has 24 heavy (non-hydrogen) atoms. The van der Waals surface area contributed by atoms with Gasteiger partial charge in [0.2, 0.25) is 5.88 Å². The van der Waals surface area contributed by atoms with Crippen molar-refractivity contribution in [3.63, 3.8) is 0 Å². The fraction of sp³-hybridized carbons (Fsp3) is 0.118. The van der Waals surface area contributed by atoms with E-state index in [0.29, 0.717) is 22.1 Å². The van der Waals surface area contributed by atoms with Crippen LogP contribution in [0.1, 0.15) is 9.67 Å². The quantitative estimate of drug-likeness (QED) is 0.662. The summed E-state index contributed by atoms with van der Waals surface area (Å²) in [5.41, 5.74) is 1.45. The molecule has 6 nitrogen and oxygen atoms in total. The van der Waals surface area contributed by atoms with E-state index in [4.69, 9.17) is 14.2 Å². The Kier molecular flexibility index (Phi) is 4.72. The molecule has 0 fully saturated rings. The second-order valence-corrected chi connectivity index (χ2v) is 5.64. The number of benzene rings is 1. The number of aromatic nitrogens is 2. The summed E-state index contributed by atoms with van der Waals surface area (Å²) in [6, 6.07) is 12.3. The fourth-order valence-electron chi connectivity index (χ4n) is 2.06. The first-order valence-electron chi connectivity index (χ1n) is 7.03. The summed E-state index contributed by atoms with van der Waals surface area (Å²) in [6.45, 7) is 0. The van der Waals surface area contributed by atoms with Crippen LogP contribution in [0.3, 0.4) is 0 Å². The number of methoxy groups -OCH3 is 2. The van der Waals surface area contributed by atoms with E-state index in [9.17, 15) is 4.79 Å². The van der Waals surface area contributed by atoms with Crippen LogP contribution in [-0.4, -0.2) is 30.4 Å². The number of rotatable bonds is 5. The van der Waals surface area contributed by atoms with Gasteiger partial charge in [-0.25, -0.2) is 4.79 Å². The molecule has 0 spiro atoms. The lowest BCUT2D eigenvalue weighted by Crippen LogP contribution is -2.08. The van der Waals surface area contributed by atoms with Crippen LogP contribution < -0.4 is 14.2 Å². The molecule has 0 atom stereocenters. The van der Waals surface area contributed by atoms with Crippen molar-refractivity contribution in [2.75, 3.05) is 14.2 Å². The van der Waals surface area contributed by atoms with Gasteiger partial charge in [0.25, 0.3) is 0 Å². The molecule has 7 heteroatoms. The maximum atomic E-state index is 11.9. The van der Waals surface area contributed by atoms with Gasteiger partial charge >= 0.3 is 5.97 Å². The number of thiophene rings is 1. The standard InChI is InChI=1S/C17H14N2O4S/c1-21-13-7-5-11(10-14(13)22-2)12-6-8-16(19-18-12)23-17(20)15-4-3-9-24-15/h3-10H,1-2H3. The molecule has 0 amide bonds. The first-order chi connectivity index (χ1) is 11.7. The van der Waals surface area contributed by atoms with Gasteiger partial charge in [-0.3, -0.25) is 0 Å². The number of carbonyl (C=O) groups is 1. The van der Waals surface area contributed by atoms with Crippen molar-refractivity contribution in [2.45, 2.75) is 0 Å². The maximum Gasteiger partial charge on any atom is 0.355 e. The van der Waals surface area contributed by atoms with Gasteiger partial charge in [-0.2, -0.15) is 0 Å². The lowest BCUT2D eigenvalue weighted by atomic mass is 10.1. The zero-order valence-corrected chi connectivity index (χ0v) is 13.9. The third-order valence-corrected chi connectivity index (χ3v) is 4.09. The van der Waals surface area contributed by atoms with E-state index < -0.39 is 5.97 Å². The summed E-state index contributed by atoms with van der Waals surface area (Å²) in [5, 5.41) is 9.84.